The van der Waals surface area contributed by atoms with Crippen LogP contribution in [-0.2, 0) is 6.42 Å². The van der Waals surface area contributed by atoms with E-state index in [1.165, 1.54) is 26.7 Å². The first-order valence-electron chi connectivity index (χ1n) is 6.65. The number of nitrogens with two attached hydrogens (primary N) is 1. The van der Waals surface area contributed by atoms with Gasteiger partial charge < -0.3 is 0 Å². The zero-order valence-electron chi connectivity index (χ0n) is 11.4. The summed E-state index contributed by atoms with van der Waals surface area (Å²) in [4.78, 5) is 0. The summed E-state index contributed by atoms with van der Waals surface area (Å²) in [6.07, 6.45) is 2.29. The number of rotatable bonds is 5. The molecule has 0 saturated heterocycles. The van der Waals surface area contributed by atoms with E-state index >= 15 is 0 Å². The molecule has 1 unspecified atom stereocenters. The molecule has 0 fully saturated rings. The van der Waals surface area contributed by atoms with E-state index < -0.39 is 0 Å². The fraction of sp³-hybridized carbons (Fsp3) is 0.250. The Morgan fingerprint density at radius 3 is 2.50 bits per heavy atom. The summed E-state index contributed by atoms with van der Waals surface area (Å²) in [5.74, 6) is 5.78. The number of hydrogen-bond donors (Lipinski definition) is 2. The van der Waals surface area contributed by atoms with E-state index in [4.69, 9.17) is 5.84 Å². The van der Waals surface area contributed by atoms with Crippen molar-refractivity contribution in [2.45, 2.75) is 25.8 Å². The molecule has 2 aromatic rings. The highest BCUT2D eigenvalue weighted by Gasteiger charge is 2.15. The summed E-state index contributed by atoms with van der Waals surface area (Å²) >= 11 is 5.87. The van der Waals surface area contributed by atoms with Crippen LogP contribution in [0.3, 0.4) is 0 Å². The molecule has 2 aromatic carbocycles. The van der Waals surface area contributed by atoms with Gasteiger partial charge in [-0.2, -0.15) is 0 Å². The van der Waals surface area contributed by atoms with Gasteiger partial charge in [0.05, 0.1) is 6.04 Å². The topological polar surface area (TPSA) is 38.0 Å². The van der Waals surface area contributed by atoms with E-state index in [0.29, 0.717) is 0 Å². The lowest BCUT2D eigenvalue weighted by atomic mass is 9.97. The standard InChI is InChI=1S/C16H18BrIN2/c1-2-3-11-4-6-12(7-5-11)16(20-19)14-10-13(17)8-9-15(14)18/h4-10,16,20H,2-3,19H2,1H3. The van der Waals surface area contributed by atoms with Gasteiger partial charge in [-0.15, -0.1) is 0 Å². The third-order valence-electron chi connectivity index (χ3n) is 3.29. The van der Waals surface area contributed by atoms with Crippen molar-refractivity contribution in [3.8, 4) is 0 Å². The zero-order chi connectivity index (χ0) is 14.5. The van der Waals surface area contributed by atoms with Crippen molar-refractivity contribution in [2.24, 2.45) is 5.84 Å². The Kier molecular flexibility index (Phi) is 6.01. The first-order chi connectivity index (χ1) is 9.65. The van der Waals surface area contributed by atoms with E-state index in [1.807, 2.05) is 6.07 Å². The Hall–Kier alpha value is -0.430. The summed E-state index contributed by atoms with van der Waals surface area (Å²) < 4.78 is 2.27. The molecule has 0 saturated carbocycles. The molecule has 106 valence electrons. The van der Waals surface area contributed by atoms with Gasteiger partial charge in [0.2, 0.25) is 0 Å². The summed E-state index contributed by atoms with van der Waals surface area (Å²) in [5.41, 5.74) is 6.67. The second-order valence-corrected chi connectivity index (χ2v) is 6.83. The van der Waals surface area contributed by atoms with E-state index in [1.54, 1.807) is 0 Å². The minimum atomic E-state index is 0.00933. The van der Waals surface area contributed by atoms with Gasteiger partial charge in [0, 0.05) is 8.04 Å². The van der Waals surface area contributed by atoms with E-state index in [9.17, 15) is 0 Å². The quantitative estimate of drug-likeness (QED) is 0.403. The molecular weight excluding hydrogens is 427 g/mol. The SMILES string of the molecule is CCCc1ccc(C(NN)c2cc(Br)ccc2I)cc1. The molecular formula is C16H18BrIN2. The molecule has 3 N–H and O–H groups in total. The molecule has 1 atom stereocenters. The lowest BCUT2D eigenvalue weighted by molar-refractivity contribution is 0.634. The smallest absolute Gasteiger partial charge is 0.0720 e. The van der Waals surface area contributed by atoms with Gasteiger partial charge in [0.15, 0.2) is 0 Å². The Labute approximate surface area is 142 Å². The largest absolute Gasteiger partial charge is 0.271 e. The maximum atomic E-state index is 5.78. The van der Waals surface area contributed by atoms with Crippen molar-refractivity contribution in [2.75, 3.05) is 0 Å². The lowest BCUT2D eigenvalue weighted by Gasteiger charge is -2.19. The van der Waals surface area contributed by atoms with Crippen LogP contribution in [0.15, 0.2) is 46.9 Å². The highest BCUT2D eigenvalue weighted by Crippen LogP contribution is 2.28. The van der Waals surface area contributed by atoms with Crippen LogP contribution in [0.2, 0.25) is 0 Å². The second-order valence-electron chi connectivity index (χ2n) is 4.76. The molecule has 0 aliphatic carbocycles. The number of halogens is 2. The number of hydrazine groups is 1. The normalized spacial score (nSPS) is 12.4. The van der Waals surface area contributed by atoms with Gasteiger partial charge in [-0.25, -0.2) is 5.43 Å². The summed E-state index contributed by atoms with van der Waals surface area (Å²) in [7, 11) is 0. The summed E-state index contributed by atoms with van der Waals surface area (Å²) in [6, 6.07) is 15.0. The molecule has 0 radical (unpaired) electrons. The predicted octanol–water partition coefficient (Wildman–Crippen LogP) is 4.56. The summed E-state index contributed by atoms with van der Waals surface area (Å²) in [6.45, 7) is 2.20. The molecule has 0 bridgehead atoms. The van der Waals surface area contributed by atoms with Crippen LogP contribution < -0.4 is 11.3 Å². The van der Waals surface area contributed by atoms with Crippen LogP contribution in [0, 0.1) is 3.57 Å². The molecule has 0 aliphatic rings. The van der Waals surface area contributed by atoms with Crippen LogP contribution in [0.4, 0.5) is 0 Å². The molecule has 0 aliphatic heterocycles. The Morgan fingerprint density at radius 1 is 1.20 bits per heavy atom. The predicted molar refractivity (Wildman–Crippen MR) is 96.5 cm³/mol. The van der Waals surface area contributed by atoms with Crippen LogP contribution in [0.5, 0.6) is 0 Å². The van der Waals surface area contributed by atoms with Crippen molar-refractivity contribution in [1.29, 1.82) is 0 Å². The number of benzene rings is 2. The first-order valence-corrected chi connectivity index (χ1v) is 8.52. The summed E-state index contributed by atoms with van der Waals surface area (Å²) in [5, 5.41) is 0. The Balaban J connectivity index is 2.34. The fourth-order valence-electron chi connectivity index (χ4n) is 2.27. The van der Waals surface area contributed by atoms with Crippen molar-refractivity contribution >= 4 is 38.5 Å². The van der Waals surface area contributed by atoms with Crippen LogP contribution in [-0.4, -0.2) is 0 Å². The Morgan fingerprint density at radius 2 is 1.90 bits per heavy atom. The highest BCUT2D eigenvalue weighted by molar-refractivity contribution is 14.1. The van der Waals surface area contributed by atoms with Gasteiger partial charge in [-0.05, 0) is 63.9 Å². The minimum Gasteiger partial charge on any atom is -0.271 e. The molecule has 2 rings (SSSR count). The monoisotopic (exact) mass is 444 g/mol. The molecule has 2 nitrogen and oxygen atoms in total. The molecule has 0 spiro atoms. The molecule has 0 aromatic heterocycles. The van der Waals surface area contributed by atoms with Crippen molar-refractivity contribution in [3.05, 3.63) is 67.2 Å². The third-order valence-corrected chi connectivity index (χ3v) is 4.76. The number of aryl methyl sites for hydroxylation is 1. The van der Waals surface area contributed by atoms with Gasteiger partial charge in [-0.3, -0.25) is 5.84 Å². The average Bonchev–Trinajstić information content (AvgIpc) is 2.45. The number of nitrogens with one attached hydrogen (secondary N) is 1. The minimum absolute atomic E-state index is 0.00933. The van der Waals surface area contributed by atoms with Crippen molar-refractivity contribution in [3.63, 3.8) is 0 Å². The third kappa shape index (κ3) is 3.81. The van der Waals surface area contributed by atoms with Crippen LogP contribution in [0.25, 0.3) is 0 Å². The number of hydrogen-bond acceptors (Lipinski definition) is 2. The second kappa shape index (κ2) is 7.54. The molecule has 0 heterocycles. The van der Waals surface area contributed by atoms with E-state index in [2.05, 4.69) is 87.3 Å². The maximum absolute atomic E-state index is 5.78. The molecule has 0 amide bonds. The highest BCUT2D eigenvalue weighted by atomic mass is 127. The maximum Gasteiger partial charge on any atom is 0.0720 e. The zero-order valence-corrected chi connectivity index (χ0v) is 15.1. The lowest BCUT2D eigenvalue weighted by Crippen LogP contribution is -2.29. The molecule has 4 heteroatoms. The fourth-order valence-corrected chi connectivity index (χ4v) is 3.29. The van der Waals surface area contributed by atoms with E-state index in [0.717, 1.165) is 10.9 Å². The van der Waals surface area contributed by atoms with Crippen molar-refractivity contribution in [1.82, 2.24) is 5.43 Å². The van der Waals surface area contributed by atoms with Gasteiger partial charge in [0.1, 0.15) is 0 Å². The van der Waals surface area contributed by atoms with Gasteiger partial charge >= 0.3 is 0 Å². The average molecular weight is 445 g/mol. The van der Waals surface area contributed by atoms with Crippen LogP contribution >= 0.6 is 38.5 Å². The van der Waals surface area contributed by atoms with Gasteiger partial charge in [0.25, 0.3) is 0 Å². The van der Waals surface area contributed by atoms with Crippen LogP contribution in [0.1, 0.15) is 36.1 Å². The van der Waals surface area contributed by atoms with Crippen molar-refractivity contribution < 1.29 is 0 Å². The first kappa shape index (κ1) is 15.9. The molecule has 20 heavy (non-hydrogen) atoms. The Bertz CT molecular complexity index is 569. The van der Waals surface area contributed by atoms with E-state index in [-0.39, 0.29) is 6.04 Å². The van der Waals surface area contributed by atoms with Gasteiger partial charge in [-0.1, -0.05) is 53.5 Å².